The van der Waals surface area contributed by atoms with Crippen LogP contribution in [-0.2, 0) is 24.2 Å². The van der Waals surface area contributed by atoms with E-state index in [4.69, 9.17) is 19.0 Å². The van der Waals surface area contributed by atoms with Crippen LogP contribution >= 0.6 is 0 Å². The lowest BCUT2D eigenvalue weighted by Gasteiger charge is -2.31. The number of rotatable bonds is 9. The Bertz CT molecular complexity index is 1160. The van der Waals surface area contributed by atoms with Gasteiger partial charge in [0.05, 0.1) is 25.7 Å². The fourth-order valence-corrected chi connectivity index (χ4v) is 3.65. The average Bonchev–Trinajstić information content (AvgIpc) is 2.76. The first kappa shape index (κ1) is 26.5. The van der Waals surface area contributed by atoms with E-state index in [9.17, 15) is 28.1 Å². The quantitative estimate of drug-likeness (QED) is 0.262. The minimum Gasteiger partial charge on any atom is -0.497 e. The van der Waals surface area contributed by atoms with Gasteiger partial charge in [0.25, 0.3) is 11.4 Å². The molecule has 0 fully saturated rings. The molecule has 0 saturated heterocycles. The summed E-state index contributed by atoms with van der Waals surface area (Å²) in [5, 5.41) is 12.5. The SMILES string of the molecule is CCOC(=O)C1=NC(S(C)(=O)=O)N(OC)C(Oc2cc(OC)cc(C(=O)N(C)C)c2)=C1[N+](=O)[O-]. The lowest BCUT2D eigenvalue weighted by molar-refractivity contribution is -0.421. The van der Waals surface area contributed by atoms with Gasteiger partial charge in [0, 0.05) is 32.0 Å². The highest BCUT2D eigenvalue weighted by Gasteiger charge is 2.47. The Kier molecular flexibility index (Phi) is 8.17. The van der Waals surface area contributed by atoms with Crippen molar-refractivity contribution in [3.05, 3.63) is 45.5 Å². The maximum atomic E-state index is 12.4. The zero-order valence-corrected chi connectivity index (χ0v) is 20.1. The number of ether oxygens (including phenoxy) is 3. The van der Waals surface area contributed by atoms with Crippen LogP contribution in [-0.4, -0.2) is 87.6 Å². The number of sulfone groups is 1. The summed E-state index contributed by atoms with van der Waals surface area (Å²) >= 11 is 0. The second kappa shape index (κ2) is 10.5. The van der Waals surface area contributed by atoms with Crippen LogP contribution in [0.1, 0.15) is 17.3 Å². The molecule has 14 nitrogen and oxygen atoms in total. The number of nitro groups is 1. The molecular weight excluding hydrogens is 476 g/mol. The van der Waals surface area contributed by atoms with Gasteiger partial charge in [-0.05, 0) is 19.1 Å². The van der Waals surface area contributed by atoms with Crippen molar-refractivity contribution in [3.8, 4) is 11.5 Å². The topological polar surface area (TPSA) is 167 Å². The molecule has 1 atom stereocenters. The Hall–Kier alpha value is -3.72. The Morgan fingerprint density at radius 1 is 1.21 bits per heavy atom. The van der Waals surface area contributed by atoms with Crippen LogP contribution in [0.5, 0.6) is 11.5 Å². The monoisotopic (exact) mass is 500 g/mol. The minimum atomic E-state index is -4.11. The van der Waals surface area contributed by atoms with Gasteiger partial charge >= 0.3 is 17.5 Å². The summed E-state index contributed by atoms with van der Waals surface area (Å²) < 4.78 is 40.4. The van der Waals surface area contributed by atoms with Gasteiger partial charge in [-0.15, -0.1) is 0 Å². The zero-order valence-electron chi connectivity index (χ0n) is 19.3. The fraction of sp³-hybridized carbons (Fsp3) is 0.421. The summed E-state index contributed by atoms with van der Waals surface area (Å²) in [6.45, 7) is 1.31. The highest BCUT2D eigenvalue weighted by atomic mass is 32.2. The number of carbonyl (C=O) groups is 2. The molecule has 34 heavy (non-hydrogen) atoms. The van der Waals surface area contributed by atoms with E-state index >= 15 is 0 Å². The smallest absolute Gasteiger partial charge is 0.364 e. The van der Waals surface area contributed by atoms with E-state index in [0.717, 1.165) is 13.4 Å². The molecule has 0 aromatic heterocycles. The Morgan fingerprint density at radius 3 is 2.29 bits per heavy atom. The number of esters is 1. The van der Waals surface area contributed by atoms with Crippen molar-refractivity contribution in [3.63, 3.8) is 0 Å². The maximum absolute atomic E-state index is 12.4. The molecule has 15 heteroatoms. The van der Waals surface area contributed by atoms with Gasteiger partial charge in [-0.25, -0.2) is 18.2 Å². The van der Waals surface area contributed by atoms with Crippen molar-refractivity contribution in [2.45, 2.75) is 12.4 Å². The first-order valence-corrected chi connectivity index (χ1v) is 11.6. The molecule has 0 radical (unpaired) electrons. The molecular formula is C19H24N4O10S. The van der Waals surface area contributed by atoms with Crippen LogP contribution in [0.2, 0.25) is 0 Å². The van der Waals surface area contributed by atoms with Crippen molar-refractivity contribution in [2.24, 2.45) is 4.99 Å². The van der Waals surface area contributed by atoms with Crippen molar-refractivity contribution < 1.29 is 42.0 Å². The fourth-order valence-electron chi connectivity index (χ4n) is 2.82. The van der Waals surface area contributed by atoms with E-state index in [-0.39, 0.29) is 23.7 Å². The van der Waals surface area contributed by atoms with Crippen LogP contribution < -0.4 is 9.47 Å². The van der Waals surface area contributed by atoms with E-state index in [2.05, 4.69) is 4.99 Å². The van der Waals surface area contributed by atoms with Gasteiger partial charge in [-0.3, -0.25) is 19.7 Å². The van der Waals surface area contributed by atoms with Crippen LogP contribution in [0.4, 0.5) is 0 Å². The molecule has 0 spiro atoms. The van der Waals surface area contributed by atoms with Gasteiger partial charge in [0.2, 0.25) is 5.71 Å². The molecule has 2 rings (SSSR count). The van der Waals surface area contributed by atoms with Crippen LogP contribution in [0.3, 0.4) is 0 Å². The van der Waals surface area contributed by atoms with Crippen LogP contribution in [0.15, 0.2) is 34.8 Å². The van der Waals surface area contributed by atoms with E-state index < -0.39 is 49.4 Å². The Morgan fingerprint density at radius 2 is 1.82 bits per heavy atom. The van der Waals surface area contributed by atoms with Gasteiger partial charge in [0.15, 0.2) is 9.84 Å². The summed E-state index contributed by atoms with van der Waals surface area (Å²) in [6, 6.07) is 3.97. The van der Waals surface area contributed by atoms with Gasteiger partial charge in [-0.1, -0.05) is 0 Å². The lowest BCUT2D eigenvalue weighted by atomic mass is 10.1. The summed E-state index contributed by atoms with van der Waals surface area (Å²) in [5.74, 6) is -2.39. The molecule has 1 aliphatic rings. The molecule has 1 aliphatic heterocycles. The van der Waals surface area contributed by atoms with E-state index in [1.165, 1.54) is 51.2 Å². The van der Waals surface area contributed by atoms with Crippen molar-refractivity contribution in [2.75, 3.05) is 41.2 Å². The standard InChI is InChI=1S/C19H24N4O10S/c1-7-32-18(25)14-15(23(26)27)17(22(31-5)19(20-14)34(6,28)29)33-13-9-11(16(24)21(2)3)8-12(10-13)30-4/h8-10,19H,7H2,1-6H3. The van der Waals surface area contributed by atoms with Gasteiger partial charge < -0.3 is 19.1 Å². The summed E-state index contributed by atoms with van der Waals surface area (Å²) in [4.78, 5) is 45.9. The first-order chi connectivity index (χ1) is 15.8. The number of nitrogens with zero attached hydrogens (tertiary/aromatic N) is 4. The number of hydrogen-bond donors (Lipinski definition) is 0. The highest BCUT2D eigenvalue weighted by Crippen LogP contribution is 2.31. The van der Waals surface area contributed by atoms with Crippen molar-refractivity contribution >= 4 is 27.4 Å². The van der Waals surface area contributed by atoms with E-state index in [0.29, 0.717) is 5.06 Å². The van der Waals surface area contributed by atoms with Gasteiger partial charge in [0.1, 0.15) is 11.5 Å². The molecule has 1 aromatic rings. The summed E-state index contributed by atoms with van der Waals surface area (Å²) in [7, 11) is 1.30. The van der Waals surface area contributed by atoms with Crippen molar-refractivity contribution in [1.29, 1.82) is 0 Å². The normalized spacial score (nSPS) is 16.0. The number of carbonyl (C=O) groups excluding carboxylic acids is 2. The number of benzene rings is 1. The average molecular weight is 500 g/mol. The molecule has 1 amide bonds. The highest BCUT2D eigenvalue weighted by molar-refractivity contribution is 7.91. The Labute approximate surface area is 195 Å². The zero-order chi connectivity index (χ0) is 25.8. The number of aliphatic imine (C=N–C) groups is 1. The maximum Gasteiger partial charge on any atom is 0.364 e. The predicted molar refractivity (Wildman–Crippen MR) is 117 cm³/mol. The summed E-state index contributed by atoms with van der Waals surface area (Å²) in [5.41, 5.74) is -3.66. The molecule has 1 aromatic carbocycles. The largest absolute Gasteiger partial charge is 0.497 e. The second-order valence-electron chi connectivity index (χ2n) is 6.97. The number of methoxy groups -OCH3 is 1. The van der Waals surface area contributed by atoms with E-state index in [1.54, 1.807) is 0 Å². The van der Waals surface area contributed by atoms with E-state index in [1.807, 2.05) is 0 Å². The molecule has 0 saturated carbocycles. The lowest BCUT2D eigenvalue weighted by Crippen LogP contribution is -2.47. The predicted octanol–water partition coefficient (Wildman–Crippen LogP) is 0.431. The molecule has 1 heterocycles. The summed E-state index contributed by atoms with van der Waals surface area (Å²) in [6.07, 6.45) is 0.796. The minimum absolute atomic E-state index is 0.112. The Balaban J connectivity index is 2.78. The van der Waals surface area contributed by atoms with Crippen LogP contribution in [0.25, 0.3) is 0 Å². The van der Waals surface area contributed by atoms with Crippen molar-refractivity contribution in [1.82, 2.24) is 9.96 Å². The number of hydrogen-bond acceptors (Lipinski definition) is 12. The third-order valence-corrected chi connectivity index (χ3v) is 5.34. The molecule has 186 valence electrons. The third-order valence-electron chi connectivity index (χ3n) is 4.28. The van der Waals surface area contributed by atoms with Gasteiger partial charge in [-0.2, -0.15) is 5.06 Å². The second-order valence-corrected chi connectivity index (χ2v) is 9.05. The molecule has 0 aliphatic carbocycles. The first-order valence-electron chi connectivity index (χ1n) is 9.60. The molecule has 0 bridgehead atoms. The molecule has 1 unspecified atom stereocenters. The molecule has 0 N–H and O–H groups in total. The van der Waals surface area contributed by atoms with Crippen LogP contribution in [0, 0.1) is 10.1 Å². The number of hydroxylamine groups is 2. The third kappa shape index (κ3) is 5.60. The number of amides is 1.